The van der Waals surface area contributed by atoms with Crippen LogP contribution >= 0.6 is 12.2 Å². The molecule has 5 nitrogen and oxygen atoms in total. The van der Waals surface area contributed by atoms with Crippen molar-refractivity contribution < 1.29 is 4.74 Å². The molecular weight excluding hydrogens is 248 g/mol. The molecule has 1 aromatic carbocycles. The zero-order valence-corrected chi connectivity index (χ0v) is 10.8. The van der Waals surface area contributed by atoms with Crippen molar-refractivity contribution in [2.45, 2.75) is 6.54 Å². The SMILES string of the molecule is COc1ccc(Cn2ccnc2)cc1NC(N)=S. The van der Waals surface area contributed by atoms with Crippen molar-refractivity contribution in [3.8, 4) is 5.75 Å². The first-order valence-corrected chi connectivity index (χ1v) is 5.79. The summed E-state index contributed by atoms with van der Waals surface area (Å²) in [7, 11) is 1.61. The average Bonchev–Trinajstić information content (AvgIpc) is 2.81. The van der Waals surface area contributed by atoms with E-state index in [2.05, 4.69) is 10.3 Å². The maximum atomic E-state index is 5.48. The summed E-state index contributed by atoms with van der Waals surface area (Å²) in [5.74, 6) is 0.706. The molecule has 3 N–H and O–H groups in total. The lowest BCUT2D eigenvalue weighted by molar-refractivity contribution is 0.416. The molecule has 2 aromatic rings. The van der Waals surface area contributed by atoms with Crippen LogP contribution in [0.3, 0.4) is 0 Å². The normalized spacial score (nSPS) is 10.1. The molecule has 1 heterocycles. The summed E-state index contributed by atoms with van der Waals surface area (Å²) in [5.41, 5.74) is 7.35. The summed E-state index contributed by atoms with van der Waals surface area (Å²) in [6.07, 6.45) is 5.42. The molecule has 0 atom stereocenters. The molecule has 2 rings (SSSR count). The van der Waals surface area contributed by atoms with Gasteiger partial charge in [-0.15, -0.1) is 0 Å². The van der Waals surface area contributed by atoms with E-state index < -0.39 is 0 Å². The van der Waals surface area contributed by atoms with E-state index in [4.69, 9.17) is 22.7 Å². The second kappa shape index (κ2) is 5.50. The minimum Gasteiger partial charge on any atom is -0.495 e. The van der Waals surface area contributed by atoms with Crippen LogP contribution in [-0.2, 0) is 6.54 Å². The van der Waals surface area contributed by atoms with E-state index in [0.717, 1.165) is 17.8 Å². The maximum absolute atomic E-state index is 5.48. The Labute approximate surface area is 111 Å². The van der Waals surface area contributed by atoms with Crippen LogP contribution in [0.5, 0.6) is 5.75 Å². The monoisotopic (exact) mass is 262 g/mol. The number of methoxy groups -OCH3 is 1. The van der Waals surface area contributed by atoms with Crippen LogP contribution in [0.2, 0.25) is 0 Å². The molecule has 0 amide bonds. The third-order valence-electron chi connectivity index (χ3n) is 2.45. The Morgan fingerprint density at radius 3 is 3.00 bits per heavy atom. The van der Waals surface area contributed by atoms with Crippen LogP contribution in [0, 0.1) is 0 Å². The zero-order chi connectivity index (χ0) is 13.0. The summed E-state index contributed by atoms with van der Waals surface area (Å²) in [6.45, 7) is 0.732. The first kappa shape index (κ1) is 12.4. The van der Waals surface area contributed by atoms with Crippen molar-refractivity contribution >= 4 is 23.0 Å². The molecular formula is C12H14N4OS. The fourth-order valence-corrected chi connectivity index (χ4v) is 1.78. The highest BCUT2D eigenvalue weighted by molar-refractivity contribution is 7.80. The summed E-state index contributed by atoms with van der Waals surface area (Å²) >= 11 is 4.84. The molecule has 0 spiro atoms. The number of thiocarbonyl (C=S) groups is 1. The van der Waals surface area contributed by atoms with Gasteiger partial charge in [0.25, 0.3) is 0 Å². The van der Waals surface area contributed by atoms with Crippen LogP contribution in [0.4, 0.5) is 5.69 Å². The Hall–Kier alpha value is -2.08. The predicted molar refractivity (Wildman–Crippen MR) is 74.7 cm³/mol. The summed E-state index contributed by atoms with van der Waals surface area (Å²) < 4.78 is 7.22. The van der Waals surface area contributed by atoms with Gasteiger partial charge in [0.05, 0.1) is 19.1 Å². The van der Waals surface area contributed by atoms with E-state index in [1.807, 2.05) is 29.0 Å². The van der Waals surface area contributed by atoms with Crippen LogP contribution in [0.25, 0.3) is 0 Å². The van der Waals surface area contributed by atoms with E-state index in [0.29, 0.717) is 5.75 Å². The third-order valence-corrected chi connectivity index (χ3v) is 2.55. The Morgan fingerprint density at radius 2 is 2.39 bits per heavy atom. The van der Waals surface area contributed by atoms with Crippen molar-refractivity contribution in [2.24, 2.45) is 5.73 Å². The van der Waals surface area contributed by atoms with Crippen molar-refractivity contribution in [2.75, 3.05) is 12.4 Å². The topological polar surface area (TPSA) is 65.1 Å². The van der Waals surface area contributed by atoms with Gasteiger partial charge in [-0.25, -0.2) is 4.98 Å². The van der Waals surface area contributed by atoms with Crippen LogP contribution in [0.15, 0.2) is 36.9 Å². The molecule has 0 aliphatic heterocycles. The number of benzene rings is 1. The average molecular weight is 262 g/mol. The molecule has 0 aliphatic carbocycles. The lowest BCUT2D eigenvalue weighted by Gasteiger charge is -2.12. The number of hydrogen-bond acceptors (Lipinski definition) is 3. The Kier molecular flexibility index (Phi) is 3.78. The van der Waals surface area contributed by atoms with Crippen molar-refractivity contribution in [1.82, 2.24) is 9.55 Å². The Bertz CT molecular complexity index is 539. The first-order valence-electron chi connectivity index (χ1n) is 5.38. The lowest BCUT2D eigenvalue weighted by atomic mass is 10.2. The van der Waals surface area contributed by atoms with Crippen molar-refractivity contribution in [1.29, 1.82) is 0 Å². The molecule has 0 unspecified atom stereocenters. The van der Waals surface area contributed by atoms with Gasteiger partial charge in [-0.05, 0) is 29.9 Å². The number of imidazole rings is 1. The number of ether oxygens (including phenoxy) is 1. The third kappa shape index (κ3) is 2.98. The fourth-order valence-electron chi connectivity index (χ4n) is 1.67. The summed E-state index contributed by atoms with van der Waals surface area (Å²) in [4.78, 5) is 4.00. The minimum atomic E-state index is 0.216. The van der Waals surface area contributed by atoms with Gasteiger partial charge in [-0.2, -0.15) is 0 Å². The number of nitrogens with one attached hydrogen (secondary N) is 1. The van der Waals surface area contributed by atoms with Crippen molar-refractivity contribution in [3.63, 3.8) is 0 Å². The smallest absolute Gasteiger partial charge is 0.168 e. The second-order valence-electron chi connectivity index (χ2n) is 3.76. The number of anilines is 1. The maximum Gasteiger partial charge on any atom is 0.168 e. The Morgan fingerprint density at radius 1 is 1.56 bits per heavy atom. The van der Waals surface area contributed by atoms with E-state index in [1.165, 1.54) is 0 Å². The highest BCUT2D eigenvalue weighted by Gasteiger charge is 2.05. The van der Waals surface area contributed by atoms with E-state index >= 15 is 0 Å². The van der Waals surface area contributed by atoms with Crippen LogP contribution in [0.1, 0.15) is 5.56 Å². The number of nitrogens with zero attached hydrogens (tertiary/aromatic N) is 2. The van der Waals surface area contributed by atoms with Gasteiger partial charge in [0.2, 0.25) is 0 Å². The van der Waals surface area contributed by atoms with Crippen LogP contribution < -0.4 is 15.8 Å². The highest BCUT2D eigenvalue weighted by atomic mass is 32.1. The van der Waals surface area contributed by atoms with Gasteiger partial charge in [-0.3, -0.25) is 0 Å². The number of hydrogen-bond donors (Lipinski definition) is 2. The molecule has 0 bridgehead atoms. The predicted octanol–water partition coefficient (Wildman–Crippen LogP) is 1.60. The van der Waals surface area contributed by atoms with Crippen LogP contribution in [-0.4, -0.2) is 21.8 Å². The molecule has 0 saturated carbocycles. The molecule has 94 valence electrons. The Balaban J connectivity index is 2.24. The van der Waals surface area contributed by atoms with Crippen molar-refractivity contribution in [3.05, 3.63) is 42.5 Å². The molecule has 18 heavy (non-hydrogen) atoms. The van der Waals surface area contributed by atoms with Gasteiger partial charge in [0, 0.05) is 18.9 Å². The largest absolute Gasteiger partial charge is 0.495 e. The van der Waals surface area contributed by atoms with Gasteiger partial charge in [-0.1, -0.05) is 6.07 Å². The number of rotatable bonds is 4. The molecule has 0 fully saturated rings. The molecule has 0 aliphatic rings. The fraction of sp³-hybridized carbons (Fsp3) is 0.167. The van der Waals surface area contributed by atoms with E-state index in [1.54, 1.807) is 19.6 Å². The molecule has 6 heteroatoms. The highest BCUT2D eigenvalue weighted by Crippen LogP contribution is 2.25. The molecule has 1 aromatic heterocycles. The van der Waals surface area contributed by atoms with Gasteiger partial charge in [0.1, 0.15) is 5.75 Å². The van der Waals surface area contributed by atoms with Gasteiger partial charge < -0.3 is 20.4 Å². The minimum absolute atomic E-state index is 0.216. The molecule has 0 saturated heterocycles. The molecule has 0 radical (unpaired) electrons. The van der Waals surface area contributed by atoms with Gasteiger partial charge in [0.15, 0.2) is 5.11 Å². The van der Waals surface area contributed by atoms with E-state index in [-0.39, 0.29) is 5.11 Å². The van der Waals surface area contributed by atoms with Gasteiger partial charge >= 0.3 is 0 Å². The number of aromatic nitrogens is 2. The summed E-state index contributed by atoms with van der Waals surface area (Å²) in [6, 6.07) is 5.83. The standard InChI is InChI=1S/C12H14N4OS/c1-17-11-3-2-9(6-10(11)15-12(13)18)7-16-5-4-14-8-16/h2-6,8H,7H2,1H3,(H3,13,15,18). The number of nitrogens with two attached hydrogens (primary N) is 1. The zero-order valence-electron chi connectivity index (χ0n) is 9.96. The quantitative estimate of drug-likeness (QED) is 0.819. The first-order chi connectivity index (χ1) is 8.69. The second-order valence-corrected chi connectivity index (χ2v) is 4.20. The van der Waals surface area contributed by atoms with E-state index in [9.17, 15) is 0 Å². The lowest BCUT2D eigenvalue weighted by Crippen LogP contribution is -2.19. The summed E-state index contributed by atoms with van der Waals surface area (Å²) in [5, 5.41) is 3.12.